The van der Waals surface area contributed by atoms with Crippen LogP contribution in [0.5, 0.6) is 5.75 Å². The van der Waals surface area contributed by atoms with Gasteiger partial charge in [-0.15, -0.1) is 0 Å². The van der Waals surface area contributed by atoms with Gasteiger partial charge < -0.3 is 9.84 Å². The SMILES string of the molecule is CC(C)(C)c1ncncc1OCC(=O)O. The highest BCUT2D eigenvalue weighted by molar-refractivity contribution is 5.68. The molecule has 0 bridgehead atoms. The van der Waals surface area contributed by atoms with E-state index < -0.39 is 5.97 Å². The molecule has 5 heteroatoms. The quantitative estimate of drug-likeness (QED) is 0.812. The lowest BCUT2D eigenvalue weighted by atomic mass is 9.91. The third kappa shape index (κ3) is 3.19. The largest absolute Gasteiger partial charge is 0.479 e. The summed E-state index contributed by atoms with van der Waals surface area (Å²) >= 11 is 0. The standard InChI is InChI=1S/C10H14N2O3/c1-10(2,3)9-7(4-11-6-12-9)15-5-8(13)14/h4,6H,5H2,1-3H3,(H,13,14). The van der Waals surface area contributed by atoms with Crippen LogP contribution >= 0.6 is 0 Å². The topological polar surface area (TPSA) is 72.3 Å². The van der Waals surface area contributed by atoms with Gasteiger partial charge in [-0.25, -0.2) is 14.8 Å². The van der Waals surface area contributed by atoms with Crippen molar-refractivity contribution in [2.45, 2.75) is 26.2 Å². The van der Waals surface area contributed by atoms with Crippen LogP contribution in [0.1, 0.15) is 26.5 Å². The van der Waals surface area contributed by atoms with E-state index in [1.54, 1.807) is 0 Å². The molecule has 0 atom stereocenters. The second kappa shape index (κ2) is 4.25. The molecule has 0 aromatic carbocycles. The van der Waals surface area contributed by atoms with E-state index in [1.165, 1.54) is 12.5 Å². The number of carboxylic acid groups (broad SMARTS) is 1. The first-order valence-electron chi connectivity index (χ1n) is 4.56. The molecule has 5 nitrogen and oxygen atoms in total. The molecule has 0 saturated heterocycles. The molecule has 1 N–H and O–H groups in total. The highest BCUT2D eigenvalue weighted by Gasteiger charge is 2.21. The predicted octanol–water partition coefficient (Wildman–Crippen LogP) is 1.24. The lowest BCUT2D eigenvalue weighted by molar-refractivity contribution is -0.139. The van der Waals surface area contributed by atoms with Crippen LogP contribution in [0.4, 0.5) is 0 Å². The number of rotatable bonds is 3. The average Bonchev–Trinajstić information content (AvgIpc) is 2.13. The summed E-state index contributed by atoms with van der Waals surface area (Å²) in [6, 6.07) is 0. The van der Waals surface area contributed by atoms with E-state index in [4.69, 9.17) is 9.84 Å². The zero-order valence-electron chi connectivity index (χ0n) is 9.02. The number of hydrogen-bond donors (Lipinski definition) is 1. The van der Waals surface area contributed by atoms with Crippen molar-refractivity contribution in [3.05, 3.63) is 18.2 Å². The Morgan fingerprint density at radius 1 is 1.53 bits per heavy atom. The maximum Gasteiger partial charge on any atom is 0.341 e. The Kier molecular flexibility index (Phi) is 3.24. The van der Waals surface area contributed by atoms with Gasteiger partial charge in [0.15, 0.2) is 12.4 Å². The van der Waals surface area contributed by atoms with Crippen molar-refractivity contribution in [3.8, 4) is 5.75 Å². The fraction of sp³-hybridized carbons (Fsp3) is 0.500. The summed E-state index contributed by atoms with van der Waals surface area (Å²) in [5, 5.41) is 8.50. The van der Waals surface area contributed by atoms with Crippen molar-refractivity contribution in [2.24, 2.45) is 0 Å². The van der Waals surface area contributed by atoms with Gasteiger partial charge in [-0.2, -0.15) is 0 Å². The first-order valence-corrected chi connectivity index (χ1v) is 4.56. The maximum atomic E-state index is 10.4. The predicted molar refractivity (Wildman–Crippen MR) is 53.9 cm³/mol. The molecule has 0 aliphatic carbocycles. The Hall–Kier alpha value is -1.65. The number of aromatic nitrogens is 2. The van der Waals surface area contributed by atoms with Gasteiger partial charge in [0.1, 0.15) is 6.33 Å². The van der Waals surface area contributed by atoms with E-state index in [-0.39, 0.29) is 12.0 Å². The third-order valence-corrected chi connectivity index (χ3v) is 1.74. The number of carboxylic acids is 1. The Labute approximate surface area is 88.1 Å². The van der Waals surface area contributed by atoms with Gasteiger partial charge >= 0.3 is 5.97 Å². The monoisotopic (exact) mass is 210 g/mol. The minimum absolute atomic E-state index is 0.198. The second-order valence-corrected chi connectivity index (χ2v) is 4.17. The zero-order valence-corrected chi connectivity index (χ0v) is 9.02. The first-order chi connectivity index (χ1) is 6.91. The van der Waals surface area contributed by atoms with Crippen LogP contribution in [0.2, 0.25) is 0 Å². The Morgan fingerprint density at radius 2 is 2.20 bits per heavy atom. The molecule has 0 radical (unpaired) electrons. The Morgan fingerprint density at radius 3 is 2.73 bits per heavy atom. The Bertz CT molecular complexity index is 358. The summed E-state index contributed by atoms with van der Waals surface area (Å²) in [5.41, 5.74) is 0.510. The van der Waals surface area contributed by atoms with E-state index in [1.807, 2.05) is 20.8 Å². The van der Waals surface area contributed by atoms with Gasteiger partial charge in [0.25, 0.3) is 0 Å². The van der Waals surface area contributed by atoms with Crippen LogP contribution in [0, 0.1) is 0 Å². The first kappa shape index (κ1) is 11.4. The highest BCUT2D eigenvalue weighted by Crippen LogP contribution is 2.27. The average molecular weight is 210 g/mol. The van der Waals surface area contributed by atoms with Gasteiger partial charge in [-0.1, -0.05) is 20.8 Å². The van der Waals surface area contributed by atoms with Gasteiger partial charge in [0.05, 0.1) is 11.9 Å². The summed E-state index contributed by atoms with van der Waals surface area (Å²) in [6.07, 6.45) is 2.91. The molecular weight excluding hydrogens is 196 g/mol. The number of aliphatic carboxylic acids is 1. The van der Waals surface area contributed by atoms with Crippen molar-refractivity contribution in [3.63, 3.8) is 0 Å². The van der Waals surface area contributed by atoms with Crippen LogP contribution in [-0.2, 0) is 10.2 Å². The van der Waals surface area contributed by atoms with Gasteiger partial charge in [-0.3, -0.25) is 0 Å². The molecule has 0 amide bonds. The lowest BCUT2D eigenvalue weighted by Crippen LogP contribution is -2.18. The van der Waals surface area contributed by atoms with Crippen LogP contribution in [0.3, 0.4) is 0 Å². The molecule has 1 rings (SSSR count). The van der Waals surface area contributed by atoms with Crippen LogP contribution in [0.25, 0.3) is 0 Å². The Balaban J connectivity index is 2.92. The molecule has 82 valence electrons. The molecule has 0 aliphatic heterocycles. The van der Waals surface area contributed by atoms with Crippen LogP contribution < -0.4 is 4.74 Å². The fourth-order valence-corrected chi connectivity index (χ4v) is 1.13. The molecule has 1 aromatic heterocycles. The molecule has 1 heterocycles. The van der Waals surface area contributed by atoms with Crippen molar-refractivity contribution in [2.75, 3.05) is 6.61 Å². The van der Waals surface area contributed by atoms with Gasteiger partial charge in [0.2, 0.25) is 0 Å². The number of hydrogen-bond acceptors (Lipinski definition) is 4. The van der Waals surface area contributed by atoms with E-state index in [0.29, 0.717) is 11.4 Å². The summed E-state index contributed by atoms with van der Waals surface area (Å²) in [4.78, 5) is 18.3. The molecule has 1 aromatic rings. The summed E-state index contributed by atoms with van der Waals surface area (Å²) in [5.74, 6) is -0.592. The molecule has 0 saturated carbocycles. The maximum absolute atomic E-state index is 10.4. The van der Waals surface area contributed by atoms with Gasteiger partial charge in [-0.05, 0) is 0 Å². The molecule has 0 fully saturated rings. The highest BCUT2D eigenvalue weighted by atomic mass is 16.5. The third-order valence-electron chi connectivity index (χ3n) is 1.74. The number of ether oxygens (including phenoxy) is 1. The van der Waals surface area contributed by atoms with E-state index >= 15 is 0 Å². The zero-order chi connectivity index (χ0) is 11.5. The van der Waals surface area contributed by atoms with Crippen molar-refractivity contribution >= 4 is 5.97 Å². The van der Waals surface area contributed by atoms with Crippen molar-refractivity contribution in [1.29, 1.82) is 0 Å². The number of carbonyl (C=O) groups is 1. The minimum atomic E-state index is -1.02. The molecule has 0 spiro atoms. The lowest BCUT2D eigenvalue weighted by Gasteiger charge is -2.20. The summed E-state index contributed by atoms with van der Waals surface area (Å²) in [6.45, 7) is 5.55. The minimum Gasteiger partial charge on any atom is -0.479 e. The molecule has 0 unspecified atom stereocenters. The summed E-state index contributed by atoms with van der Waals surface area (Å²) in [7, 11) is 0. The molecular formula is C10H14N2O3. The smallest absolute Gasteiger partial charge is 0.341 e. The normalized spacial score (nSPS) is 11.1. The van der Waals surface area contributed by atoms with E-state index in [2.05, 4.69) is 9.97 Å². The van der Waals surface area contributed by atoms with Crippen LogP contribution in [-0.4, -0.2) is 27.7 Å². The molecule has 0 aliphatic rings. The number of nitrogens with zero attached hydrogens (tertiary/aromatic N) is 2. The second-order valence-electron chi connectivity index (χ2n) is 4.17. The summed E-state index contributed by atoms with van der Waals surface area (Å²) < 4.78 is 5.10. The van der Waals surface area contributed by atoms with Crippen LogP contribution in [0.15, 0.2) is 12.5 Å². The van der Waals surface area contributed by atoms with Crippen molar-refractivity contribution < 1.29 is 14.6 Å². The molecule has 15 heavy (non-hydrogen) atoms. The van der Waals surface area contributed by atoms with Gasteiger partial charge in [0, 0.05) is 5.41 Å². The van der Waals surface area contributed by atoms with E-state index in [0.717, 1.165) is 0 Å². The van der Waals surface area contributed by atoms with E-state index in [9.17, 15) is 4.79 Å². The van der Waals surface area contributed by atoms with Crippen molar-refractivity contribution in [1.82, 2.24) is 9.97 Å². The fourth-order valence-electron chi connectivity index (χ4n) is 1.13.